The second-order valence-corrected chi connectivity index (χ2v) is 6.23. The molecule has 3 heteroatoms. The van der Waals surface area contributed by atoms with Crippen LogP contribution in [0, 0.1) is 5.41 Å². The molecule has 2 heterocycles. The molecule has 2 rings (SSSR count). The Morgan fingerprint density at radius 2 is 2.11 bits per heavy atom. The maximum Gasteiger partial charge on any atom is 0.128 e. The average Bonchev–Trinajstić information content (AvgIpc) is 2.39. The zero-order valence-corrected chi connectivity index (χ0v) is 12.5. The summed E-state index contributed by atoms with van der Waals surface area (Å²) < 4.78 is 0. The van der Waals surface area contributed by atoms with Gasteiger partial charge < -0.3 is 10.2 Å². The fourth-order valence-electron chi connectivity index (χ4n) is 2.47. The Bertz CT molecular complexity index is 440. The van der Waals surface area contributed by atoms with E-state index < -0.39 is 0 Å². The number of pyridine rings is 1. The molecule has 0 spiro atoms. The van der Waals surface area contributed by atoms with Gasteiger partial charge in [0.1, 0.15) is 5.82 Å². The summed E-state index contributed by atoms with van der Waals surface area (Å²) in [5, 5.41) is 3.14. The Kier molecular flexibility index (Phi) is 4.25. The van der Waals surface area contributed by atoms with Gasteiger partial charge in [0, 0.05) is 25.8 Å². The van der Waals surface area contributed by atoms with Crippen molar-refractivity contribution in [2.75, 3.05) is 25.0 Å². The molecule has 3 nitrogen and oxygen atoms in total. The van der Waals surface area contributed by atoms with Crippen molar-refractivity contribution < 1.29 is 0 Å². The minimum Gasteiger partial charge on any atom is -0.353 e. The predicted octanol–water partition coefficient (Wildman–Crippen LogP) is 2.98. The average molecular weight is 259 g/mol. The van der Waals surface area contributed by atoms with E-state index in [2.05, 4.69) is 54.2 Å². The monoisotopic (exact) mass is 259 g/mol. The van der Waals surface area contributed by atoms with E-state index in [1.165, 1.54) is 5.56 Å². The highest BCUT2D eigenvalue weighted by Crippen LogP contribution is 2.31. The van der Waals surface area contributed by atoms with Crippen LogP contribution in [0.15, 0.2) is 30.0 Å². The molecular weight excluding hydrogens is 234 g/mol. The quantitative estimate of drug-likeness (QED) is 0.846. The van der Waals surface area contributed by atoms with Crippen LogP contribution in [0.25, 0.3) is 0 Å². The molecule has 1 aromatic rings. The fraction of sp³-hybridized carbons (Fsp3) is 0.562. The lowest BCUT2D eigenvalue weighted by atomic mass is 9.83. The van der Waals surface area contributed by atoms with Crippen LogP contribution in [-0.2, 0) is 6.54 Å². The largest absolute Gasteiger partial charge is 0.353 e. The number of aromatic nitrogens is 1. The maximum absolute atomic E-state index is 4.56. The van der Waals surface area contributed by atoms with E-state index in [1.54, 1.807) is 5.57 Å². The molecule has 0 unspecified atom stereocenters. The van der Waals surface area contributed by atoms with Gasteiger partial charge in [-0.15, -0.1) is 0 Å². The Hall–Kier alpha value is -1.35. The fourth-order valence-corrected chi connectivity index (χ4v) is 2.47. The third-order valence-electron chi connectivity index (χ3n) is 3.69. The standard InChI is InChI=1S/C16H25N3/c1-16(2,3)14-7-9-19(10-8-14)15-6-5-13(11-17-4)12-18-15/h5-7,12,17H,8-11H2,1-4H3. The van der Waals surface area contributed by atoms with Gasteiger partial charge in [0.15, 0.2) is 0 Å². The van der Waals surface area contributed by atoms with Gasteiger partial charge >= 0.3 is 0 Å². The highest BCUT2D eigenvalue weighted by Gasteiger charge is 2.21. The van der Waals surface area contributed by atoms with E-state index in [4.69, 9.17) is 0 Å². The molecule has 0 radical (unpaired) electrons. The molecule has 1 aliphatic rings. The van der Waals surface area contributed by atoms with E-state index in [9.17, 15) is 0 Å². The number of anilines is 1. The smallest absolute Gasteiger partial charge is 0.128 e. The molecule has 1 aromatic heterocycles. The van der Waals surface area contributed by atoms with Crippen LogP contribution in [0.2, 0.25) is 0 Å². The van der Waals surface area contributed by atoms with Gasteiger partial charge in [-0.05, 0) is 30.5 Å². The molecule has 0 aromatic carbocycles. The van der Waals surface area contributed by atoms with Crippen molar-refractivity contribution in [3.63, 3.8) is 0 Å². The van der Waals surface area contributed by atoms with Crippen LogP contribution in [0.4, 0.5) is 5.82 Å². The molecule has 19 heavy (non-hydrogen) atoms. The van der Waals surface area contributed by atoms with E-state index in [0.29, 0.717) is 5.41 Å². The molecule has 0 atom stereocenters. The van der Waals surface area contributed by atoms with E-state index >= 15 is 0 Å². The summed E-state index contributed by atoms with van der Waals surface area (Å²) in [6, 6.07) is 4.28. The Balaban J connectivity index is 2.03. The van der Waals surface area contributed by atoms with Crippen LogP contribution in [0.1, 0.15) is 32.8 Å². The van der Waals surface area contributed by atoms with Crippen LogP contribution in [0.5, 0.6) is 0 Å². The van der Waals surface area contributed by atoms with Gasteiger partial charge in [0.25, 0.3) is 0 Å². The van der Waals surface area contributed by atoms with Crippen LogP contribution >= 0.6 is 0 Å². The summed E-state index contributed by atoms with van der Waals surface area (Å²) in [7, 11) is 1.96. The normalized spacial score (nSPS) is 16.4. The van der Waals surface area contributed by atoms with Crippen molar-refractivity contribution in [1.82, 2.24) is 10.3 Å². The van der Waals surface area contributed by atoms with Gasteiger partial charge in [-0.2, -0.15) is 0 Å². The zero-order valence-electron chi connectivity index (χ0n) is 12.5. The minimum atomic E-state index is 0.302. The van der Waals surface area contributed by atoms with Gasteiger partial charge in [-0.3, -0.25) is 0 Å². The first kappa shape index (κ1) is 14.1. The Morgan fingerprint density at radius 1 is 1.32 bits per heavy atom. The second kappa shape index (κ2) is 5.74. The van der Waals surface area contributed by atoms with Crippen molar-refractivity contribution in [3.05, 3.63) is 35.5 Å². The summed E-state index contributed by atoms with van der Waals surface area (Å²) in [6.45, 7) is 9.80. The van der Waals surface area contributed by atoms with Crippen molar-refractivity contribution in [1.29, 1.82) is 0 Å². The molecular formula is C16H25N3. The first-order chi connectivity index (χ1) is 9.00. The van der Waals surface area contributed by atoms with Crippen molar-refractivity contribution in [2.45, 2.75) is 33.7 Å². The summed E-state index contributed by atoms with van der Waals surface area (Å²) in [6.07, 6.45) is 5.48. The van der Waals surface area contributed by atoms with Crippen molar-refractivity contribution >= 4 is 5.82 Å². The molecule has 0 fully saturated rings. The lowest BCUT2D eigenvalue weighted by molar-refractivity contribution is 0.472. The number of hydrogen-bond acceptors (Lipinski definition) is 3. The van der Waals surface area contributed by atoms with Crippen molar-refractivity contribution in [2.24, 2.45) is 5.41 Å². The third-order valence-corrected chi connectivity index (χ3v) is 3.69. The number of hydrogen-bond donors (Lipinski definition) is 1. The topological polar surface area (TPSA) is 28.2 Å². The molecule has 0 saturated carbocycles. The highest BCUT2D eigenvalue weighted by atomic mass is 15.2. The first-order valence-electron chi connectivity index (χ1n) is 7.04. The molecule has 1 aliphatic heterocycles. The SMILES string of the molecule is CNCc1ccc(N2CC=C(C(C)(C)C)CC2)nc1. The summed E-state index contributed by atoms with van der Waals surface area (Å²) in [4.78, 5) is 6.91. The lowest BCUT2D eigenvalue weighted by Crippen LogP contribution is -2.31. The highest BCUT2D eigenvalue weighted by molar-refractivity contribution is 5.42. The van der Waals surface area contributed by atoms with E-state index in [-0.39, 0.29) is 0 Å². The molecule has 0 saturated heterocycles. The first-order valence-corrected chi connectivity index (χ1v) is 7.04. The molecule has 0 amide bonds. The minimum absolute atomic E-state index is 0.302. The molecule has 0 bridgehead atoms. The maximum atomic E-state index is 4.56. The van der Waals surface area contributed by atoms with E-state index in [1.807, 2.05) is 13.2 Å². The van der Waals surface area contributed by atoms with Gasteiger partial charge in [-0.25, -0.2) is 4.98 Å². The predicted molar refractivity (Wildman–Crippen MR) is 81.4 cm³/mol. The van der Waals surface area contributed by atoms with Gasteiger partial charge in [0.2, 0.25) is 0 Å². The Morgan fingerprint density at radius 3 is 2.58 bits per heavy atom. The van der Waals surface area contributed by atoms with Crippen LogP contribution < -0.4 is 10.2 Å². The number of nitrogens with one attached hydrogen (secondary N) is 1. The van der Waals surface area contributed by atoms with Gasteiger partial charge in [-0.1, -0.05) is 38.5 Å². The third kappa shape index (κ3) is 3.57. The summed E-state index contributed by atoms with van der Waals surface area (Å²) in [5.41, 5.74) is 3.10. The van der Waals surface area contributed by atoms with Crippen LogP contribution in [0.3, 0.4) is 0 Å². The zero-order chi connectivity index (χ0) is 13.9. The summed E-state index contributed by atoms with van der Waals surface area (Å²) in [5.74, 6) is 1.09. The Labute approximate surface area is 116 Å². The molecule has 1 N–H and O–H groups in total. The number of nitrogens with zero attached hydrogens (tertiary/aromatic N) is 2. The lowest BCUT2D eigenvalue weighted by Gasteiger charge is -2.32. The van der Waals surface area contributed by atoms with Gasteiger partial charge in [0.05, 0.1) is 0 Å². The van der Waals surface area contributed by atoms with Crippen molar-refractivity contribution in [3.8, 4) is 0 Å². The van der Waals surface area contributed by atoms with Crippen LogP contribution in [-0.4, -0.2) is 25.1 Å². The number of rotatable bonds is 3. The van der Waals surface area contributed by atoms with E-state index in [0.717, 1.165) is 31.9 Å². The second-order valence-electron chi connectivity index (χ2n) is 6.23. The molecule has 0 aliphatic carbocycles. The molecule has 104 valence electrons. The summed E-state index contributed by atoms with van der Waals surface area (Å²) >= 11 is 0.